The van der Waals surface area contributed by atoms with Crippen LogP contribution in [0.15, 0.2) is 30.3 Å². The molecule has 16 heavy (non-hydrogen) atoms. The van der Waals surface area contributed by atoms with Crippen molar-refractivity contribution in [2.45, 2.75) is 32.7 Å². The molecule has 0 bridgehead atoms. The molecule has 0 saturated carbocycles. The lowest BCUT2D eigenvalue weighted by Crippen LogP contribution is -2.32. The second-order valence-electron chi connectivity index (χ2n) is 5.15. The summed E-state index contributed by atoms with van der Waals surface area (Å²) in [6, 6.07) is 7.53. The molecule has 1 unspecified atom stereocenters. The third-order valence-corrected chi connectivity index (χ3v) is 6.95. The number of halogens is 3. The van der Waals surface area contributed by atoms with Crippen molar-refractivity contribution in [3.05, 3.63) is 35.9 Å². The maximum Gasteiger partial charge on any atom is 0.345 e. The highest BCUT2D eigenvalue weighted by Gasteiger charge is 2.43. The van der Waals surface area contributed by atoms with Gasteiger partial charge in [0, 0.05) is 5.54 Å². The van der Waals surface area contributed by atoms with Crippen LogP contribution in [0.4, 0.5) is 0 Å². The first-order valence-corrected chi connectivity index (χ1v) is 10.4. The zero-order valence-corrected chi connectivity index (χ0v) is 13.1. The summed E-state index contributed by atoms with van der Waals surface area (Å²) in [4.78, 5) is 0. The summed E-state index contributed by atoms with van der Waals surface area (Å²) in [6.07, 6.45) is 0.840. The first kappa shape index (κ1) is 14.4. The van der Waals surface area contributed by atoms with Crippen LogP contribution in [0, 0.1) is 5.41 Å². The summed E-state index contributed by atoms with van der Waals surface area (Å²) in [5, 5.41) is 0. The molecule has 4 heteroatoms. The quantitative estimate of drug-likeness (QED) is 0.524. The summed E-state index contributed by atoms with van der Waals surface area (Å²) in [6.45, 7) is 6.40. The molecule has 0 amide bonds. The molecule has 0 aliphatic carbocycles. The maximum atomic E-state index is 6.20. The first-order chi connectivity index (χ1) is 7.21. The third kappa shape index (κ3) is 4.29. The molecule has 1 atom stereocenters. The lowest BCUT2D eigenvalue weighted by Gasteiger charge is -2.34. The highest BCUT2D eigenvalue weighted by molar-refractivity contribution is 7.65. The van der Waals surface area contributed by atoms with E-state index in [1.807, 2.05) is 18.2 Å². The normalized spacial score (nSPS) is 14.9. The number of rotatable bonds is 3. The van der Waals surface area contributed by atoms with Crippen molar-refractivity contribution < 1.29 is 0 Å². The molecule has 0 spiro atoms. The topological polar surface area (TPSA) is 0 Å². The number of hydrogen-bond donors (Lipinski definition) is 0. The Labute approximate surface area is 113 Å². The fourth-order valence-electron chi connectivity index (χ4n) is 1.76. The fraction of sp³-hybridized carbons (Fsp3) is 0.500. The van der Waals surface area contributed by atoms with Gasteiger partial charge in [-0.1, -0.05) is 51.1 Å². The Morgan fingerprint density at radius 3 is 1.94 bits per heavy atom. The van der Waals surface area contributed by atoms with E-state index in [0.29, 0.717) is 0 Å². The second kappa shape index (κ2) is 5.30. The Morgan fingerprint density at radius 2 is 1.56 bits per heavy atom. The van der Waals surface area contributed by atoms with Crippen LogP contribution in [0.1, 0.15) is 26.3 Å². The van der Waals surface area contributed by atoms with E-state index < -0.39 is 6.00 Å². The van der Waals surface area contributed by atoms with E-state index >= 15 is 0 Å². The first-order valence-electron chi connectivity index (χ1n) is 5.32. The molecule has 0 heterocycles. The van der Waals surface area contributed by atoms with Gasteiger partial charge >= 0.3 is 6.00 Å². The van der Waals surface area contributed by atoms with Crippen LogP contribution in [0.2, 0.25) is 5.54 Å². The number of hydrogen-bond acceptors (Lipinski definition) is 0. The van der Waals surface area contributed by atoms with Gasteiger partial charge in [-0.25, -0.2) is 0 Å². The SMILES string of the molecule is CC(C)(C)C(Cc1ccccc1)[Si](Cl)(Cl)Cl. The van der Waals surface area contributed by atoms with Crippen LogP contribution in [0.3, 0.4) is 0 Å². The molecule has 1 aromatic rings. The van der Waals surface area contributed by atoms with Gasteiger partial charge in [-0.3, -0.25) is 0 Å². The van der Waals surface area contributed by atoms with Gasteiger partial charge in [-0.2, -0.15) is 0 Å². The zero-order valence-electron chi connectivity index (χ0n) is 9.81. The predicted octanol–water partition coefficient (Wildman–Crippen LogP) is 5.30. The van der Waals surface area contributed by atoms with Gasteiger partial charge in [0.15, 0.2) is 0 Å². The van der Waals surface area contributed by atoms with Gasteiger partial charge in [0.1, 0.15) is 0 Å². The van der Waals surface area contributed by atoms with Crippen molar-refractivity contribution >= 4 is 39.2 Å². The van der Waals surface area contributed by atoms with Crippen LogP contribution in [0.25, 0.3) is 0 Å². The number of benzene rings is 1. The highest BCUT2D eigenvalue weighted by atomic mass is 35.8. The van der Waals surface area contributed by atoms with Gasteiger partial charge < -0.3 is 0 Å². The predicted molar refractivity (Wildman–Crippen MR) is 76.7 cm³/mol. The molecule has 0 fully saturated rings. The lowest BCUT2D eigenvalue weighted by molar-refractivity contribution is 0.375. The molecule has 0 aliphatic rings. The van der Waals surface area contributed by atoms with E-state index in [0.717, 1.165) is 6.42 Å². The minimum Gasteiger partial charge on any atom is -0.126 e. The molecule has 0 aliphatic heterocycles. The minimum absolute atomic E-state index is 0.0211. The van der Waals surface area contributed by atoms with E-state index in [1.165, 1.54) is 5.56 Å². The smallest absolute Gasteiger partial charge is 0.126 e. The zero-order chi connectivity index (χ0) is 12.4. The van der Waals surface area contributed by atoms with Crippen molar-refractivity contribution in [1.82, 2.24) is 0 Å². The molecule has 1 rings (SSSR count). The van der Waals surface area contributed by atoms with Gasteiger partial charge in [0.2, 0.25) is 0 Å². The molecule has 90 valence electrons. The molecule has 0 N–H and O–H groups in total. The molecular weight excluding hydrogens is 279 g/mol. The van der Waals surface area contributed by atoms with Crippen molar-refractivity contribution in [1.29, 1.82) is 0 Å². The lowest BCUT2D eigenvalue weighted by atomic mass is 9.88. The van der Waals surface area contributed by atoms with Gasteiger partial charge in [0.05, 0.1) is 0 Å². The van der Waals surface area contributed by atoms with Crippen LogP contribution in [-0.2, 0) is 6.42 Å². The minimum atomic E-state index is -2.69. The van der Waals surface area contributed by atoms with E-state index in [4.69, 9.17) is 33.2 Å². The molecule has 0 nitrogen and oxygen atoms in total. The van der Waals surface area contributed by atoms with E-state index in [1.54, 1.807) is 0 Å². The highest BCUT2D eigenvalue weighted by Crippen LogP contribution is 2.47. The van der Waals surface area contributed by atoms with Gasteiger partial charge in [0.25, 0.3) is 0 Å². The fourth-order valence-corrected chi connectivity index (χ4v) is 6.85. The van der Waals surface area contributed by atoms with E-state index in [2.05, 4.69) is 32.9 Å². The molecule has 0 aromatic heterocycles. The van der Waals surface area contributed by atoms with E-state index in [-0.39, 0.29) is 11.0 Å². The third-order valence-electron chi connectivity index (χ3n) is 2.72. The van der Waals surface area contributed by atoms with Crippen LogP contribution >= 0.6 is 33.2 Å². The van der Waals surface area contributed by atoms with Crippen LogP contribution in [-0.4, -0.2) is 6.00 Å². The Hall–Kier alpha value is 0.307. The summed E-state index contributed by atoms with van der Waals surface area (Å²) in [5.74, 6) is 0. The Morgan fingerprint density at radius 1 is 1.06 bits per heavy atom. The summed E-state index contributed by atoms with van der Waals surface area (Å²) in [7, 11) is 0. The van der Waals surface area contributed by atoms with Crippen LogP contribution in [0.5, 0.6) is 0 Å². The largest absolute Gasteiger partial charge is 0.345 e. The van der Waals surface area contributed by atoms with Crippen molar-refractivity contribution in [2.24, 2.45) is 5.41 Å². The average molecular weight is 296 g/mol. The summed E-state index contributed by atoms with van der Waals surface area (Å²) < 4.78 is 0. The molecular formula is C12H17Cl3Si. The summed E-state index contributed by atoms with van der Waals surface area (Å²) in [5.41, 5.74) is 1.39. The average Bonchev–Trinajstić information content (AvgIpc) is 2.12. The Balaban J connectivity index is 2.89. The monoisotopic (exact) mass is 294 g/mol. The molecule has 1 aromatic carbocycles. The Bertz CT molecular complexity index is 310. The van der Waals surface area contributed by atoms with Crippen molar-refractivity contribution in [2.75, 3.05) is 0 Å². The second-order valence-corrected chi connectivity index (χ2v) is 14.0. The summed E-state index contributed by atoms with van der Waals surface area (Å²) >= 11 is 18.6. The van der Waals surface area contributed by atoms with Crippen molar-refractivity contribution in [3.63, 3.8) is 0 Å². The van der Waals surface area contributed by atoms with E-state index in [9.17, 15) is 0 Å². The standard InChI is InChI=1S/C12H17Cl3Si/c1-12(2,3)11(16(13,14)15)9-10-7-5-4-6-8-10/h4-8,11H,9H2,1-3H3. The van der Waals surface area contributed by atoms with Gasteiger partial charge in [-0.05, 0) is 17.4 Å². The van der Waals surface area contributed by atoms with Crippen LogP contribution < -0.4 is 0 Å². The maximum absolute atomic E-state index is 6.20. The molecule has 0 saturated heterocycles. The van der Waals surface area contributed by atoms with Gasteiger partial charge in [-0.15, -0.1) is 33.2 Å². The Kier molecular flexibility index (Phi) is 4.76. The molecule has 0 radical (unpaired) electrons. The van der Waals surface area contributed by atoms with Crippen molar-refractivity contribution in [3.8, 4) is 0 Å².